The predicted molar refractivity (Wildman–Crippen MR) is 108 cm³/mol. The second kappa shape index (κ2) is 8.14. The summed E-state index contributed by atoms with van der Waals surface area (Å²) in [4.78, 5) is 43.0. The van der Waals surface area contributed by atoms with Gasteiger partial charge in [-0.2, -0.15) is 0 Å². The van der Waals surface area contributed by atoms with Crippen molar-refractivity contribution in [3.05, 3.63) is 35.9 Å². The molecule has 29 heavy (non-hydrogen) atoms. The molecule has 2 saturated heterocycles. The van der Waals surface area contributed by atoms with Crippen LogP contribution in [0.25, 0.3) is 0 Å². The highest BCUT2D eigenvalue weighted by molar-refractivity contribution is 7.91. The van der Waals surface area contributed by atoms with Crippen molar-refractivity contribution in [2.45, 2.75) is 38.3 Å². The first-order chi connectivity index (χ1) is 13.7. The lowest BCUT2D eigenvalue weighted by atomic mass is 9.85. The molecule has 2 aliphatic rings. The maximum atomic E-state index is 13.3. The van der Waals surface area contributed by atoms with Crippen molar-refractivity contribution in [1.82, 2.24) is 14.7 Å². The van der Waals surface area contributed by atoms with E-state index in [1.165, 1.54) is 9.80 Å². The van der Waals surface area contributed by atoms with Crippen LogP contribution in [0.5, 0.6) is 0 Å². The van der Waals surface area contributed by atoms with Crippen LogP contribution in [-0.2, 0) is 26.0 Å². The number of amides is 4. The minimum absolute atomic E-state index is 0.213. The van der Waals surface area contributed by atoms with Crippen LogP contribution in [0.15, 0.2) is 30.3 Å². The van der Waals surface area contributed by atoms with Crippen molar-refractivity contribution in [1.29, 1.82) is 0 Å². The molecule has 8 nitrogen and oxygen atoms in total. The molecular weight excluding hydrogens is 394 g/mol. The molecule has 4 amide bonds. The van der Waals surface area contributed by atoms with E-state index in [9.17, 15) is 22.8 Å². The normalized spacial score (nSPS) is 19.3. The third kappa shape index (κ3) is 4.29. The lowest BCUT2D eigenvalue weighted by molar-refractivity contribution is -0.140. The number of hydrogen-bond donors (Lipinski definition) is 0. The van der Waals surface area contributed by atoms with Gasteiger partial charge in [-0.1, -0.05) is 37.3 Å². The number of benzene rings is 1. The second-order valence-corrected chi connectivity index (χ2v) is 9.93. The van der Waals surface area contributed by atoms with Gasteiger partial charge in [0.1, 0.15) is 11.3 Å². The Balaban J connectivity index is 1.83. The number of hydrogen-bond acceptors (Lipinski definition) is 5. The van der Waals surface area contributed by atoms with E-state index in [-0.39, 0.29) is 25.0 Å². The number of imide groups is 1. The van der Waals surface area contributed by atoms with Gasteiger partial charge in [-0.3, -0.25) is 14.5 Å². The molecule has 1 spiro atoms. The van der Waals surface area contributed by atoms with Gasteiger partial charge in [0.05, 0.1) is 0 Å². The van der Waals surface area contributed by atoms with E-state index in [2.05, 4.69) is 0 Å². The standard InChI is InChI=1S/C20H27N3O5S/c1-3-11-22-18(25)20(23(19(22)26)14-16-7-5-4-6-8-16)9-12-21(13-10-20)17(24)15-29(2,27)28/h4-8H,3,9-15H2,1-2H3. The lowest BCUT2D eigenvalue weighted by Gasteiger charge is -2.42. The number of likely N-dealkylation sites (tertiary alicyclic amines) is 1. The maximum Gasteiger partial charge on any atom is 0.327 e. The van der Waals surface area contributed by atoms with Crippen molar-refractivity contribution in [3.8, 4) is 0 Å². The highest BCUT2D eigenvalue weighted by atomic mass is 32.2. The summed E-state index contributed by atoms with van der Waals surface area (Å²) in [6, 6.07) is 9.21. The number of urea groups is 1. The van der Waals surface area contributed by atoms with Crippen LogP contribution < -0.4 is 0 Å². The summed E-state index contributed by atoms with van der Waals surface area (Å²) < 4.78 is 22.9. The summed E-state index contributed by atoms with van der Waals surface area (Å²) in [5.74, 6) is -1.21. The van der Waals surface area contributed by atoms with E-state index < -0.39 is 27.0 Å². The van der Waals surface area contributed by atoms with Crippen LogP contribution in [0.4, 0.5) is 4.79 Å². The van der Waals surface area contributed by atoms with Crippen molar-refractivity contribution in [2.24, 2.45) is 0 Å². The molecule has 1 aromatic carbocycles. The molecule has 0 aromatic heterocycles. The monoisotopic (exact) mass is 421 g/mol. The van der Waals surface area contributed by atoms with Gasteiger partial charge >= 0.3 is 6.03 Å². The Morgan fingerprint density at radius 3 is 2.28 bits per heavy atom. The van der Waals surface area contributed by atoms with Crippen molar-refractivity contribution in [2.75, 3.05) is 31.6 Å². The zero-order valence-electron chi connectivity index (χ0n) is 16.8. The van der Waals surface area contributed by atoms with Gasteiger partial charge in [0.15, 0.2) is 9.84 Å². The van der Waals surface area contributed by atoms with E-state index >= 15 is 0 Å². The molecule has 0 bridgehead atoms. The van der Waals surface area contributed by atoms with Gasteiger partial charge in [-0.15, -0.1) is 0 Å². The Kier molecular flexibility index (Phi) is 5.97. The van der Waals surface area contributed by atoms with Crippen LogP contribution in [-0.4, -0.2) is 78.1 Å². The minimum Gasteiger partial charge on any atom is -0.342 e. The van der Waals surface area contributed by atoms with Gasteiger partial charge < -0.3 is 9.80 Å². The first kappa shape index (κ1) is 21.3. The highest BCUT2D eigenvalue weighted by Gasteiger charge is 2.57. The number of carbonyl (C=O) groups excluding carboxylic acids is 3. The molecular formula is C20H27N3O5S. The topological polar surface area (TPSA) is 95.1 Å². The van der Waals surface area contributed by atoms with Crippen LogP contribution in [0, 0.1) is 0 Å². The molecule has 3 rings (SSSR count). The Bertz CT molecular complexity index is 892. The van der Waals surface area contributed by atoms with Crippen LogP contribution in [0.2, 0.25) is 0 Å². The van der Waals surface area contributed by atoms with Crippen LogP contribution in [0.1, 0.15) is 31.7 Å². The fraction of sp³-hybridized carbons (Fsp3) is 0.550. The summed E-state index contributed by atoms with van der Waals surface area (Å²) in [6.07, 6.45) is 2.31. The summed E-state index contributed by atoms with van der Waals surface area (Å²) in [7, 11) is -3.42. The summed E-state index contributed by atoms with van der Waals surface area (Å²) in [5, 5.41) is 0. The van der Waals surface area contributed by atoms with E-state index in [0.717, 1.165) is 11.8 Å². The minimum atomic E-state index is -3.42. The Morgan fingerprint density at radius 2 is 1.72 bits per heavy atom. The van der Waals surface area contributed by atoms with E-state index in [1.807, 2.05) is 37.3 Å². The molecule has 2 fully saturated rings. The molecule has 158 valence electrons. The number of rotatable bonds is 6. The van der Waals surface area contributed by atoms with Crippen molar-refractivity contribution < 1.29 is 22.8 Å². The predicted octanol–water partition coefficient (Wildman–Crippen LogP) is 1.27. The smallest absolute Gasteiger partial charge is 0.327 e. The molecule has 0 atom stereocenters. The van der Waals surface area contributed by atoms with Gasteiger partial charge in [0.2, 0.25) is 5.91 Å². The average Bonchev–Trinajstić information content (AvgIpc) is 2.85. The van der Waals surface area contributed by atoms with Gasteiger partial charge in [-0.25, -0.2) is 13.2 Å². The first-order valence-electron chi connectivity index (χ1n) is 9.81. The van der Waals surface area contributed by atoms with E-state index in [0.29, 0.717) is 32.4 Å². The summed E-state index contributed by atoms with van der Waals surface area (Å²) >= 11 is 0. The fourth-order valence-corrected chi connectivity index (χ4v) is 4.74. The molecule has 0 aliphatic carbocycles. The van der Waals surface area contributed by atoms with Crippen LogP contribution in [0.3, 0.4) is 0 Å². The molecule has 0 radical (unpaired) electrons. The van der Waals surface area contributed by atoms with E-state index in [1.54, 1.807) is 4.90 Å². The Hall–Kier alpha value is -2.42. The quantitative estimate of drug-likeness (QED) is 0.645. The molecule has 2 aliphatic heterocycles. The zero-order chi connectivity index (χ0) is 21.2. The molecule has 0 N–H and O–H groups in total. The number of sulfone groups is 1. The Morgan fingerprint density at radius 1 is 1.10 bits per heavy atom. The van der Waals surface area contributed by atoms with Gasteiger partial charge in [0, 0.05) is 32.4 Å². The maximum absolute atomic E-state index is 13.3. The SMILES string of the molecule is CCCN1C(=O)N(Cc2ccccc2)C2(CCN(C(=O)CS(C)(=O)=O)CC2)C1=O. The summed E-state index contributed by atoms with van der Waals surface area (Å²) in [5.41, 5.74) is -0.0498. The van der Waals surface area contributed by atoms with Gasteiger partial charge in [-0.05, 0) is 24.8 Å². The first-order valence-corrected chi connectivity index (χ1v) is 11.9. The molecule has 9 heteroatoms. The van der Waals surface area contributed by atoms with Gasteiger partial charge in [0.25, 0.3) is 5.91 Å². The largest absolute Gasteiger partial charge is 0.342 e. The Labute approximate surface area is 171 Å². The summed E-state index contributed by atoms with van der Waals surface area (Å²) in [6.45, 7) is 3.10. The number of carbonyl (C=O) groups is 3. The molecule has 0 saturated carbocycles. The van der Waals surface area contributed by atoms with Crippen molar-refractivity contribution in [3.63, 3.8) is 0 Å². The van der Waals surface area contributed by atoms with Crippen molar-refractivity contribution >= 4 is 27.7 Å². The van der Waals surface area contributed by atoms with E-state index in [4.69, 9.17) is 0 Å². The molecule has 2 heterocycles. The average molecular weight is 422 g/mol. The number of nitrogens with zero attached hydrogens (tertiary/aromatic N) is 3. The third-order valence-corrected chi connectivity index (χ3v) is 6.35. The van der Waals surface area contributed by atoms with Crippen LogP contribution >= 0.6 is 0 Å². The fourth-order valence-electron chi connectivity index (χ4n) is 4.11. The second-order valence-electron chi connectivity index (χ2n) is 7.79. The lowest BCUT2D eigenvalue weighted by Crippen LogP contribution is -2.57. The molecule has 1 aromatic rings. The molecule has 0 unspecified atom stereocenters. The third-order valence-electron chi connectivity index (χ3n) is 5.58. The highest BCUT2D eigenvalue weighted by Crippen LogP contribution is 2.38. The zero-order valence-corrected chi connectivity index (χ0v) is 17.7. The number of piperidine rings is 1.